The summed E-state index contributed by atoms with van der Waals surface area (Å²) in [5.41, 5.74) is 0.776. The highest BCUT2D eigenvalue weighted by atomic mass is 16.3. The molecule has 1 aliphatic heterocycles. The van der Waals surface area contributed by atoms with Crippen LogP contribution in [0.3, 0.4) is 0 Å². The molecule has 26 heavy (non-hydrogen) atoms. The number of nitrogens with one attached hydrogen (secondary N) is 2. The SMILES string of the molecule is CNC(=O)C[C@@H]1C(=O)NCCN1C(=O)c1ccc(CCC(C)(C)O)cc1. The minimum absolute atomic E-state index is 0.0578. The minimum atomic E-state index is -0.800. The number of carbonyl (C=O) groups excluding carboxylic acids is 3. The average Bonchev–Trinajstić information content (AvgIpc) is 2.60. The number of carbonyl (C=O) groups is 3. The van der Waals surface area contributed by atoms with Crippen molar-refractivity contribution in [2.75, 3.05) is 20.1 Å². The minimum Gasteiger partial charge on any atom is -0.390 e. The summed E-state index contributed by atoms with van der Waals surface area (Å²) in [4.78, 5) is 38.1. The molecule has 1 heterocycles. The number of piperazine rings is 1. The number of aryl methyl sites for hydroxylation is 1. The van der Waals surface area contributed by atoms with E-state index in [-0.39, 0.29) is 24.1 Å². The lowest BCUT2D eigenvalue weighted by molar-refractivity contribution is -0.132. The first-order valence-corrected chi connectivity index (χ1v) is 8.82. The maximum Gasteiger partial charge on any atom is 0.254 e. The zero-order valence-electron chi connectivity index (χ0n) is 15.5. The molecule has 1 aromatic carbocycles. The molecule has 0 bridgehead atoms. The normalized spacial score (nSPS) is 17.6. The van der Waals surface area contributed by atoms with Gasteiger partial charge >= 0.3 is 0 Å². The summed E-state index contributed by atoms with van der Waals surface area (Å²) in [6.07, 6.45) is 1.28. The largest absolute Gasteiger partial charge is 0.390 e. The molecule has 1 atom stereocenters. The number of nitrogens with zero attached hydrogens (tertiary/aromatic N) is 1. The molecule has 0 unspecified atom stereocenters. The molecule has 7 heteroatoms. The molecule has 0 aromatic heterocycles. The number of benzene rings is 1. The van der Waals surface area contributed by atoms with Gasteiger partial charge in [0, 0.05) is 25.7 Å². The van der Waals surface area contributed by atoms with E-state index in [4.69, 9.17) is 0 Å². The van der Waals surface area contributed by atoms with Crippen molar-refractivity contribution in [1.29, 1.82) is 0 Å². The van der Waals surface area contributed by atoms with Crippen molar-refractivity contribution in [2.45, 2.75) is 44.8 Å². The van der Waals surface area contributed by atoms with E-state index in [0.29, 0.717) is 31.5 Å². The number of hydrogen-bond acceptors (Lipinski definition) is 4. The Labute approximate surface area is 153 Å². The predicted octanol–water partition coefficient (Wildman–Crippen LogP) is 0.467. The van der Waals surface area contributed by atoms with Crippen LogP contribution in [-0.4, -0.2) is 59.5 Å². The summed E-state index contributed by atoms with van der Waals surface area (Å²) in [6.45, 7) is 4.27. The fourth-order valence-corrected chi connectivity index (χ4v) is 2.87. The van der Waals surface area contributed by atoms with Crippen LogP contribution in [0.2, 0.25) is 0 Å². The van der Waals surface area contributed by atoms with Crippen LogP contribution in [0.15, 0.2) is 24.3 Å². The Morgan fingerprint density at radius 3 is 2.54 bits per heavy atom. The van der Waals surface area contributed by atoms with Gasteiger partial charge in [-0.15, -0.1) is 0 Å². The lowest BCUT2D eigenvalue weighted by Crippen LogP contribution is -2.58. The van der Waals surface area contributed by atoms with E-state index < -0.39 is 11.6 Å². The quantitative estimate of drug-likeness (QED) is 0.686. The molecule has 2 rings (SSSR count). The predicted molar refractivity (Wildman–Crippen MR) is 97.6 cm³/mol. The number of aliphatic hydroxyl groups is 1. The smallest absolute Gasteiger partial charge is 0.254 e. The highest BCUT2D eigenvalue weighted by Gasteiger charge is 2.34. The molecule has 7 nitrogen and oxygen atoms in total. The van der Waals surface area contributed by atoms with E-state index >= 15 is 0 Å². The maximum absolute atomic E-state index is 12.8. The first kappa shape index (κ1) is 19.9. The molecule has 0 spiro atoms. The molecular weight excluding hydrogens is 334 g/mol. The van der Waals surface area contributed by atoms with Gasteiger partial charge in [0.1, 0.15) is 6.04 Å². The third kappa shape index (κ3) is 5.29. The average molecular weight is 361 g/mol. The second kappa shape index (κ2) is 8.31. The van der Waals surface area contributed by atoms with Gasteiger partial charge in [0.05, 0.1) is 12.0 Å². The van der Waals surface area contributed by atoms with Crippen LogP contribution >= 0.6 is 0 Å². The van der Waals surface area contributed by atoms with E-state index in [2.05, 4.69) is 10.6 Å². The van der Waals surface area contributed by atoms with Crippen LogP contribution in [0.4, 0.5) is 0 Å². The topological polar surface area (TPSA) is 98.7 Å². The van der Waals surface area contributed by atoms with Crippen LogP contribution < -0.4 is 10.6 Å². The fraction of sp³-hybridized carbons (Fsp3) is 0.526. The third-order valence-electron chi connectivity index (χ3n) is 4.48. The summed E-state index contributed by atoms with van der Waals surface area (Å²) < 4.78 is 0. The van der Waals surface area contributed by atoms with Gasteiger partial charge in [-0.3, -0.25) is 14.4 Å². The molecule has 0 radical (unpaired) electrons. The van der Waals surface area contributed by atoms with Gasteiger partial charge in [-0.2, -0.15) is 0 Å². The second-order valence-electron chi connectivity index (χ2n) is 7.19. The number of rotatable bonds is 6. The van der Waals surface area contributed by atoms with Crippen LogP contribution in [0.25, 0.3) is 0 Å². The van der Waals surface area contributed by atoms with Crippen molar-refractivity contribution in [3.8, 4) is 0 Å². The van der Waals surface area contributed by atoms with E-state index in [1.807, 2.05) is 12.1 Å². The summed E-state index contributed by atoms with van der Waals surface area (Å²) in [5, 5.41) is 15.0. The molecule has 1 aromatic rings. The number of amides is 3. The Kier molecular flexibility index (Phi) is 6.37. The van der Waals surface area contributed by atoms with Crippen LogP contribution in [-0.2, 0) is 16.0 Å². The third-order valence-corrected chi connectivity index (χ3v) is 4.48. The maximum atomic E-state index is 12.8. The molecule has 142 valence electrons. The molecule has 3 amide bonds. The van der Waals surface area contributed by atoms with Gasteiger partial charge in [0.25, 0.3) is 5.91 Å². The van der Waals surface area contributed by atoms with Crippen LogP contribution in [0.1, 0.15) is 42.6 Å². The molecule has 0 saturated carbocycles. The summed E-state index contributed by atoms with van der Waals surface area (Å²) in [6, 6.07) is 6.37. The summed E-state index contributed by atoms with van der Waals surface area (Å²) in [5.74, 6) is -0.857. The van der Waals surface area contributed by atoms with Gasteiger partial charge in [-0.05, 0) is 44.4 Å². The zero-order chi connectivity index (χ0) is 19.3. The lowest BCUT2D eigenvalue weighted by Gasteiger charge is -2.34. The Morgan fingerprint density at radius 1 is 1.31 bits per heavy atom. The van der Waals surface area contributed by atoms with Crippen LogP contribution in [0, 0.1) is 0 Å². The molecular formula is C19H27N3O4. The Hall–Kier alpha value is -2.41. The van der Waals surface area contributed by atoms with E-state index in [1.54, 1.807) is 26.0 Å². The second-order valence-corrected chi connectivity index (χ2v) is 7.19. The van der Waals surface area contributed by atoms with Gasteiger partial charge in [0.15, 0.2) is 0 Å². The monoisotopic (exact) mass is 361 g/mol. The standard InChI is InChI=1S/C19H27N3O4/c1-19(2,26)9-8-13-4-6-14(7-5-13)18(25)22-11-10-21-17(24)15(22)12-16(23)20-3/h4-7,15,26H,8-12H2,1-3H3,(H,20,23)(H,21,24)/t15-/m1/s1. The van der Waals surface area contributed by atoms with Gasteiger partial charge in [-0.1, -0.05) is 12.1 Å². The van der Waals surface area contributed by atoms with Crippen molar-refractivity contribution >= 4 is 17.7 Å². The van der Waals surface area contributed by atoms with E-state index in [0.717, 1.165) is 5.56 Å². The Bertz CT molecular complexity index is 664. The fourth-order valence-electron chi connectivity index (χ4n) is 2.87. The Morgan fingerprint density at radius 2 is 1.96 bits per heavy atom. The van der Waals surface area contributed by atoms with Gasteiger partial charge < -0.3 is 20.6 Å². The molecule has 1 saturated heterocycles. The molecule has 1 aliphatic rings. The molecule has 1 fully saturated rings. The van der Waals surface area contributed by atoms with E-state index in [9.17, 15) is 19.5 Å². The highest BCUT2D eigenvalue weighted by molar-refractivity contribution is 5.99. The summed E-state index contributed by atoms with van der Waals surface area (Å²) in [7, 11) is 1.50. The van der Waals surface area contributed by atoms with Crippen molar-refractivity contribution in [1.82, 2.24) is 15.5 Å². The van der Waals surface area contributed by atoms with Crippen molar-refractivity contribution in [3.05, 3.63) is 35.4 Å². The number of hydrogen-bond donors (Lipinski definition) is 3. The van der Waals surface area contributed by atoms with Gasteiger partial charge in [-0.25, -0.2) is 0 Å². The summed E-state index contributed by atoms with van der Waals surface area (Å²) >= 11 is 0. The van der Waals surface area contributed by atoms with Crippen LogP contribution in [0.5, 0.6) is 0 Å². The lowest BCUT2D eigenvalue weighted by atomic mass is 9.98. The first-order chi connectivity index (χ1) is 12.2. The highest BCUT2D eigenvalue weighted by Crippen LogP contribution is 2.17. The Balaban J connectivity index is 2.10. The van der Waals surface area contributed by atoms with Crippen molar-refractivity contribution in [2.24, 2.45) is 0 Å². The van der Waals surface area contributed by atoms with E-state index in [1.165, 1.54) is 11.9 Å². The van der Waals surface area contributed by atoms with Gasteiger partial charge in [0.2, 0.25) is 11.8 Å². The zero-order valence-corrected chi connectivity index (χ0v) is 15.5. The molecule has 3 N–H and O–H groups in total. The van der Waals surface area contributed by atoms with Crippen molar-refractivity contribution < 1.29 is 19.5 Å². The van der Waals surface area contributed by atoms with Crippen molar-refractivity contribution in [3.63, 3.8) is 0 Å². The first-order valence-electron chi connectivity index (χ1n) is 8.82. The molecule has 0 aliphatic carbocycles.